The smallest absolute Gasteiger partial charge is 0.207 e. The molecule has 0 amide bonds. The number of rotatable bonds is 0. The summed E-state index contributed by atoms with van der Waals surface area (Å²) in [4.78, 5) is 6.44. The van der Waals surface area contributed by atoms with Crippen LogP contribution >= 0.6 is 11.6 Å². The highest BCUT2D eigenvalue weighted by Gasteiger charge is 2.02. The van der Waals surface area contributed by atoms with Gasteiger partial charge < -0.3 is 22.9 Å². The summed E-state index contributed by atoms with van der Waals surface area (Å²) >= 11 is 5.65. The molecular formula is C15H15ClN6. The van der Waals surface area contributed by atoms with E-state index in [1.54, 1.807) is 12.1 Å². The van der Waals surface area contributed by atoms with Gasteiger partial charge >= 0.3 is 0 Å². The van der Waals surface area contributed by atoms with Crippen molar-refractivity contribution in [1.29, 1.82) is 0 Å². The van der Waals surface area contributed by atoms with Crippen LogP contribution in [0, 0.1) is 20.1 Å². The summed E-state index contributed by atoms with van der Waals surface area (Å²) in [7, 11) is 0. The fourth-order valence-electron chi connectivity index (χ4n) is 1.53. The molecule has 6 nitrogen and oxygen atoms in total. The van der Waals surface area contributed by atoms with Gasteiger partial charge in [-0.05, 0) is 36.8 Å². The predicted molar refractivity (Wildman–Crippen MR) is 92.8 cm³/mol. The maximum absolute atomic E-state index is 6.78. The fraction of sp³-hybridized carbons (Fsp3) is 0.0667. The van der Waals surface area contributed by atoms with Crippen LogP contribution in [0.2, 0.25) is 5.02 Å². The number of nitrogens with zero attached hydrogens (tertiary/aromatic N) is 2. The van der Waals surface area contributed by atoms with Crippen LogP contribution in [0.3, 0.4) is 0 Å². The quantitative estimate of drug-likeness (QED) is 0.438. The molecular weight excluding hydrogens is 300 g/mol. The monoisotopic (exact) mass is 314 g/mol. The van der Waals surface area contributed by atoms with Crippen molar-refractivity contribution in [3.05, 3.63) is 57.7 Å². The molecule has 0 aliphatic heterocycles. The third-order valence-electron chi connectivity index (χ3n) is 2.79. The number of anilines is 4. The Morgan fingerprint density at radius 2 is 1.18 bits per heavy atom. The van der Waals surface area contributed by atoms with E-state index in [2.05, 4.69) is 9.69 Å². The van der Waals surface area contributed by atoms with Gasteiger partial charge in [0.05, 0.1) is 24.5 Å². The lowest BCUT2D eigenvalue weighted by Crippen LogP contribution is -1.94. The van der Waals surface area contributed by atoms with E-state index < -0.39 is 0 Å². The standard InChI is InChI=1S/C8H9N3.C7H6ClN3/c1-5-3-6(9)7(10)4-8(5)11-2;1-11-7-3-6(10)5(9)2-4(7)8/h3-4H,9-10H2,1H3;2-3H,9-10H2. The first-order valence-electron chi connectivity index (χ1n) is 6.05. The molecule has 0 aliphatic carbocycles. The topological polar surface area (TPSA) is 113 Å². The van der Waals surface area contributed by atoms with Crippen molar-refractivity contribution in [1.82, 2.24) is 0 Å². The highest BCUT2D eigenvalue weighted by Crippen LogP contribution is 2.31. The predicted octanol–water partition coefficient (Wildman–Crippen LogP) is 3.77. The van der Waals surface area contributed by atoms with Gasteiger partial charge in [-0.1, -0.05) is 11.6 Å². The lowest BCUT2D eigenvalue weighted by molar-refractivity contribution is 1.49. The molecule has 0 saturated heterocycles. The molecule has 0 aromatic heterocycles. The third kappa shape index (κ3) is 3.95. The van der Waals surface area contributed by atoms with Gasteiger partial charge in [0.1, 0.15) is 0 Å². The summed E-state index contributed by atoms with van der Waals surface area (Å²) in [6.45, 7) is 15.3. The van der Waals surface area contributed by atoms with E-state index in [0.29, 0.717) is 39.1 Å². The normalized spacial score (nSPS) is 9.09. The minimum absolute atomic E-state index is 0.332. The van der Waals surface area contributed by atoms with Gasteiger partial charge in [-0.25, -0.2) is 9.69 Å². The Kier molecular flexibility index (Phi) is 5.45. The number of aryl methyl sites for hydroxylation is 1. The van der Waals surface area contributed by atoms with Crippen LogP contribution in [-0.4, -0.2) is 0 Å². The van der Waals surface area contributed by atoms with Crippen LogP contribution in [0.25, 0.3) is 9.69 Å². The SMILES string of the molecule is [C-]#[N+]c1cc(N)c(N)cc1C.[C-]#[N+]c1cc(N)c(N)cc1Cl. The highest BCUT2D eigenvalue weighted by molar-refractivity contribution is 6.33. The van der Waals surface area contributed by atoms with Crippen LogP contribution < -0.4 is 22.9 Å². The highest BCUT2D eigenvalue weighted by atomic mass is 35.5. The molecule has 2 aromatic carbocycles. The lowest BCUT2D eigenvalue weighted by atomic mass is 10.1. The molecule has 7 heteroatoms. The Morgan fingerprint density at radius 1 is 0.773 bits per heavy atom. The number of nitrogen functional groups attached to an aromatic ring is 4. The number of hydrogen-bond donors (Lipinski definition) is 4. The second-order valence-electron chi connectivity index (χ2n) is 4.42. The zero-order valence-corrected chi connectivity index (χ0v) is 12.6. The van der Waals surface area contributed by atoms with Crippen molar-refractivity contribution in [3.8, 4) is 0 Å². The average Bonchev–Trinajstić information content (AvgIpc) is 2.47. The molecule has 112 valence electrons. The Labute approximate surface area is 133 Å². The van der Waals surface area contributed by atoms with Crippen molar-refractivity contribution in [2.24, 2.45) is 0 Å². The van der Waals surface area contributed by atoms with E-state index in [0.717, 1.165) is 5.56 Å². The Morgan fingerprint density at radius 3 is 1.68 bits per heavy atom. The summed E-state index contributed by atoms with van der Waals surface area (Å²) in [6.07, 6.45) is 0. The molecule has 8 N–H and O–H groups in total. The van der Waals surface area contributed by atoms with E-state index in [-0.39, 0.29) is 0 Å². The average molecular weight is 315 g/mol. The largest absolute Gasteiger partial charge is 0.398 e. The summed E-state index contributed by atoms with van der Waals surface area (Å²) in [5.41, 5.74) is 25.5. The minimum atomic E-state index is 0.332. The maximum atomic E-state index is 6.78. The molecule has 0 saturated carbocycles. The second kappa shape index (κ2) is 7.07. The van der Waals surface area contributed by atoms with Crippen LogP contribution in [0.1, 0.15) is 5.56 Å². The van der Waals surface area contributed by atoms with E-state index in [1.165, 1.54) is 12.1 Å². The van der Waals surface area contributed by atoms with Gasteiger partial charge in [-0.2, -0.15) is 0 Å². The summed E-state index contributed by atoms with van der Waals surface area (Å²) in [6, 6.07) is 6.25. The van der Waals surface area contributed by atoms with Crippen LogP contribution in [-0.2, 0) is 0 Å². The van der Waals surface area contributed by atoms with Crippen molar-refractivity contribution >= 4 is 45.7 Å². The van der Waals surface area contributed by atoms with Crippen LogP contribution in [0.15, 0.2) is 24.3 Å². The van der Waals surface area contributed by atoms with Crippen molar-refractivity contribution < 1.29 is 0 Å². The Hall–Kier alpha value is -3.09. The molecule has 0 heterocycles. The van der Waals surface area contributed by atoms with Gasteiger partial charge in [0.15, 0.2) is 5.69 Å². The van der Waals surface area contributed by atoms with Gasteiger partial charge in [-0.3, -0.25) is 0 Å². The molecule has 2 rings (SSSR count). The first-order valence-corrected chi connectivity index (χ1v) is 6.43. The van der Waals surface area contributed by atoms with Gasteiger partial charge in [-0.15, -0.1) is 0 Å². The minimum Gasteiger partial charge on any atom is -0.398 e. The van der Waals surface area contributed by atoms with Gasteiger partial charge in [0.25, 0.3) is 0 Å². The molecule has 0 unspecified atom stereocenters. The summed E-state index contributed by atoms with van der Waals surface area (Å²) in [5, 5.41) is 0.340. The Balaban J connectivity index is 0.000000220. The van der Waals surface area contributed by atoms with E-state index in [4.69, 9.17) is 47.7 Å². The molecule has 0 atom stereocenters. The summed E-state index contributed by atoms with van der Waals surface area (Å²) < 4.78 is 0. The molecule has 0 aliphatic rings. The van der Waals surface area contributed by atoms with Crippen molar-refractivity contribution in [2.45, 2.75) is 6.92 Å². The second-order valence-corrected chi connectivity index (χ2v) is 4.83. The zero-order valence-electron chi connectivity index (χ0n) is 11.9. The fourth-order valence-corrected chi connectivity index (χ4v) is 1.75. The molecule has 0 spiro atoms. The van der Waals surface area contributed by atoms with Gasteiger partial charge in [0, 0.05) is 16.4 Å². The van der Waals surface area contributed by atoms with E-state index >= 15 is 0 Å². The van der Waals surface area contributed by atoms with Crippen molar-refractivity contribution in [2.75, 3.05) is 22.9 Å². The third-order valence-corrected chi connectivity index (χ3v) is 3.10. The first-order chi connectivity index (χ1) is 10.3. The molecule has 0 radical (unpaired) electrons. The van der Waals surface area contributed by atoms with Crippen LogP contribution in [0.4, 0.5) is 34.1 Å². The maximum Gasteiger partial charge on any atom is 0.207 e. The van der Waals surface area contributed by atoms with Gasteiger partial charge in [0.2, 0.25) is 5.69 Å². The molecule has 2 aromatic rings. The zero-order chi connectivity index (χ0) is 16.9. The number of nitrogens with two attached hydrogens (primary N) is 4. The first kappa shape index (κ1) is 17.0. The summed E-state index contributed by atoms with van der Waals surface area (Å²) in [5.74, 6) is 0. The number of hydrogen-bond acceptors (Lipinski definition) is 4. The van der Waals surface area contributed by atoms with E-state index in [1.807, 2.05) is 6.92 Å². The molecule has 0 bridgehead atoms. The van der Waals surface area contributed by atoms with E-state index in [9.17, 15) is 0 Å². The number of benzene rings is 2. The lowest BCUT2D eigenvalue weighted by Gasteiger charge is -2.02. The Bertz CT molecular complexity index is 719. The molecule has 22 heavy (non-hydrogen) atoms. The number of halogens is 1. The van der Waals surface area contributed by atoms with Crippen molar-refractivity contribution in [3.63, 3.8) is 0 Å². The van der Waals surface area contributed by atoms with Crippen LogP contribution in [0.5, 0.6) is 0 Å². The molecule has 0 fully saturated rings.